The van der Waals surface area contributed by atoms with Crippen LogP contribution in [0.5, 0.6) is 0 Å². The quantitative estimate of drug-likeness (QED) is 0.658. The van der Waals surface area contributed by atoms with Crippen LogP contribution in [0.1, 0.15) is 59.8 Å². The van der Waals surface area contributed by atoms with Gasteiger partial charge in [0.2, 0.25) is 11.9 Å². The highest BCUT2D eigenvalue weighted by atomic mass is 16.1. The number of benzene rings is 1. The number of aromatic nitrogens is 2. The molecule has 162 valence electrons. The predicted octanol–water partition coefficient (Wildman–Crippen LogP) is 2.38. The van der Waals surface area contributed by atoms with E-state index >= 15 is 0 Å². The summed E-state index contributed by atoms with van der Waals surface area (Å²) in [6.45, 7) is 3.00. The molecule has 2 heterocycles. The summed E-state index contributed by atoms with van der Waals surface area (Å²) >= 11 is 0. The molecule has 2 amide bonds. The van der Waals surface area contributed by atoms with Gasteiger partial charge in [0.25, 0.3) is 5.91 Å². The molecule has 31 heavy (non-hydrogen) atoms. The van der Waals surface area contributed by atoms with E-state index in [-0.39, 0.29) is 5.69 Å². The Balaban J connectivity index is 1.63. The van der Waals surface area contributed by atoms with Crippen molar-refractivity contribution in [1.82, 2.24) is 9.97 Å². The molecule has 8 heteroatoms. The Morgan fingerprint density at radius 2 is 2.00 bits per heavy atom. The fourth-order valence-corrected chi connectivity index (χ4v) is 4.23. The van der Waals surface area contributed by atoms with Gasteiger partial charge in [0.05, 0.1) is 0 Å². The van der Waals surface area contributed by atoms with E-state index in [1.54, 1.807) is 6.92 Å². The summed E-state index contributed by atoms with van der Waals surface area (Å²) in [6, 6.07) is 7.27. The number of carbonyl (C=O) groups is 2. The summed E-state index contributed by atoms with van der Waals surface area (Å²) in [7, 11) is 0. The number of hydrogen-bond acceptors (Lipinski definition) is 6. The highest BCUT2D eigenvalue weighted by Gasteiger charge is 2.24. The first-order valence-corrected chi connectivity index (χ1v) is 10.7. The van der Waals surface area contributed by atoms with E-state index < -0.39 is 17.9 Å². The van der Waals surface area contributed by atoms with E-state index in [0.717, 1.165) is 25.8 Å². The van der Waals surface area contributed by atoms with E-state index in [1.165, 1.54) is 41.2 Å². The Morgan fingerprint density at radius 3 is 2.71 bits per heavy atom. The average Bonchev–Trinajstić information content (AvgIpc) is 2.78. The van der Waals surface area contributed by atoms with Gasteiger partial charge in [-0.1, -0.05) is 24.3 Å². The van der Waals surface area contributed by atoms with Gasteiger partial charge in [-0.15, -0.1) is 0 Å². The minimum Gasteiger partial charge on any atom is -0.368 e. The van der Waals surface area contributed by atoms with E-state index in [9.17, 15) is 9.59 Å². The van der Waals surface area contributed by atoms with Crippen molar-refractivity contribution in [2.75, 3.05) is 16.8 Å². The Hall–Kier alpha value is -3.42. The van der Waals surface area contributed by atoms with Gasteiger partial charge in [0, 0.05) is 19.2 Å². The highest BCUT2D eigenvalue weighted by molar-refractivity contribution is 5.92. The SMILES string of the molecule is CC(Nc1cc(C(N)=O)nc(N2CCc3c(cccc3C3=CCCCC3)C2)n1)C(N)=O. The molecule has 0 bridgehead atoms. The minimum absolute atomic E-state index is 0.0936. The standard InChI is InChI=1S/C23H28N6O2/c1-14(21(24)30)26-20-12-19(22(25)31)27-23(28-20)29-11-10-18-16(13-29)8-5-9-17(18)15-6-3-2-4-7-15/h5-6,8-9,12,14H,2-4,7,10-11,13H2,1H3,(H2,24,30)(H2,25,31)(H,26,27,28). The Bertz CT molecular complexity index is 1050. The molecule has 0 saturated carbocycles. The van der Waals surface area contributed by atoms with Crippen molar-refractivity contribution >= 4 is 29.2 Å². The Morgan fingerprint density at radius 1 is 1.16 bits per heavy atom. The maximum atomic E-state index is 11.8. The van der Waals surface area contributed by atoms with E-state index in [1.807, 2.05) is 4.90 Å². The van der Waals surface area contributed by atoms with Crippen LogP contribution in [-0.4, -0.2) is 34.4 Å². The smallest absolute Gasteiger partial charge is 0.267 e. The topological polar surface area (TPSA) is 127 Å². The summed E-state index contributed by atoms with van der Waals surface area (Å²) in [4.78, 5) is 34.2. The monoisotopic (exact) mass is 420 g/mol. The van der Waals surface area contributed by atoms with Gasteiger partial charge in [-0.2, -0.15) is 4.98 Å². The lowest BCUT2D eigenvalue weighted by atomic mass is 9.86. The van der Waals surface area contributed by atoms with Crippen LogP contribution in [0.15, 0.2) is 30.3 Å². The lowest BCUT2D eigenvalue weighted by molar-refractivity contribution is -0.118. The van der Waals surface area contributed by atoms with Gasteiger partial charge in [-0.05, 0) is 61.3 Å². The molecular formula is C23H28N6O2. The second-order valence-corrected chi connectivity index (χ2v) is 8.16. The second kappa shape index (κ2) is 8.75. The first-order chi connectivity index (χ1) is 14.9. The van der Waals surface area contributed by atoms with Crippen molar-refractivity contribution < 1.29 is 9.59 Å². The van der Waals surface area contributed by atoms with Crippen LogP contribution in [0.2, 0.25) is 0 Å². The molecule has 4 rings (SSSR count). The molecule has 8 nitrogen and oxygen atoms in total. The largest absolute Gasteiger partial charge is 0.368 e. The predicted molar refractivity (Wildman–Crippen MR) is 120 cm³/mol. The lowest BCUT2D eigenvalue weighted by Crippen LogP contribution is -2.35. The van der Waals surface area contributed by atoms with E-state index in [0.29, 0.717) is 18.3 Å². The summed E-state index contributed by atoms with van der Waals surface area (Å²) in [6.07, 6.45) is 8.05. The number of fused-ring (bicyclic) bond motifs is 1. The first-order valence-electron chi connectivity index (χ1n) is 10.7. The molecule has 5 N–H and O–H groups in total. The van der Waals surface area contributed by atoms with Crippen LogP contribution in [0, 0.1) is 0 Å². The van der Waals surface area contributed by atoms with Crippen LogP contribution in [0.25, 0.3) is 5.57 Å². The number of hydrogen-bond donors (Lipinski definition) is 3. The highest BCUT2D eigenvalue weighted by Crippen LogP contribution is 2.33. The van der Waals surface area contributed by atoms with Gasteiger partial charge in [0.1, 0.15) is 17.6 Å². The van der Waals surface area contributed by atoms with Crippen LogP contribution >= 0.6 is 0 Å². The van der Waals surface area contributed by atoms with Gasteiger partial charge >= 0.3 is 0 Å². The maximum absolute atomic E-state index is 11.8. The van der Waals surface area contributed by atoms with Crippen molar-refractivity contribution in [3.63, 3.8) is 0 Å². The van der Waals surface area contributed by atoms with Crippen molar-refractivity contribution in [3.05, 3.63) is 52.7 Å². The van der Waals surface area contributed by atoms with Gasteiger partial charge in [-0.25, -0.2) is 4.98 Å². The number of rotatable bonds is 6. The number of nitrogens with one attached hydrogen (secondary N) is 1. The number of nitrogens with zero attached hydrogens (tertiary/aromatic N) is 3. The van der Waals surface area contributed by atoms with Crippen molar-refractivity contribution in [1.29, 1.82) is 0 Å². The zero-order valence-electron chi connectivity index (χ0n) is 17.7. The number of primary amides is 2. The zero-order valence-corrected chi connectivity index (χ0v) is 17.7. The van der Waals surface area contributed by atoms with Crippen LogP contribution < -0.4 is 21.7 Å². The summed E-state index contributed by atoms with van der Waals surface area (Å²) in [5.41, 5.74) is 16.4. The van der Waals surface area contributed by atoms with Crippen LogP contribution in [-0.2, 0) is 17.8 Å². The van der Waals surface area contributed by atoms with E-state index in [2.05, 4.69) is 39.6 Å². The average molecular weight is 421 g/mol. The van der Waals surface area contributed by atoms with Gasteiger partial charge in [-0.3, -0.25) is 9.59 Å². The lowest BCUT2D eigenvalue weighted by Gasteiger charge is -2.31. The summed E-state index contributed by atoms with van der Waals surface area (Å²) < 4.78 is 0. The molecule has 2 aliphatic rings. The van der Waals surface area contributed by atoms with Crippen LogP contribution in [0.4, 0.5) is 11.8 Å². The van der Waals surface area contributed by atoms with E-state index in [4.69, 9.17) is 11.5 Å². The van der Waals surface area contributed by atoms with Crippen molar-refractivity contribution in [2.24, 2.45) is 11.5 Å². The number of allylic oxidation sites excluding steroid dienone is 2. The number of anilines is 2. The second-order valence-electron chi connectivity index (χ2n) is 8.16. The van der Waals surface area contributed by atoms with Crippen molar-refractivity contribution in [2.45, 2.75) is 51.6 Å². The fourth-order valence-electron chi connectivity index (χ4n) is 4.23. The number of nitrogens with two attached hydrogens (primary N) is 2. The van der Waals surface area contributed by atoms with Gasteiger partial charge in [0.15, 0.2) is 0 Å². The summed E-state index contributed by atoms with van der Waals surface area (Å²) in [5.74, 6) is -0.417. The molecule has 0 spiro atoms. The molecule has 0 radical (unpaired) electrons. The molecule has 1 unspecified atom stereocenters. The molecule has 0 fully saturated rings. The molecular weight excluding hydrogens is 392 g/mol. The van der Waals surface area contributed by atoms with Crippen molar-refractivity contribution in [3.8, 4) is 0 Å². The molecule has 1 aromatic carbocycles. The Labute approximate surface area is 181 Å². The normalized spacial score (nSPS) is 16.8. The third-order valence-electron chi connectivity index (χ3n) is 5.94. The molecule has 1 aromatic heterocycles. The maximum Gasteiger partial charge on any atom is 0.267 e. The number of amides is 2. The Kier molecular flexibility index (Phi) is 5.88. The number of carbonyl (C=O) groups excluding carboxylic acids is 2. The minimum atomic E-state index is -0.651. The third-order valence-corrected chi connectivity index (χ3v) is 5.94. The molecule has 1 atom stereocenters. The molecule has 1 aliphatic heterocycles. The first kappa shape index (κ1) is 20.8. The molecule has 0 saturated heterocycles. The molecule has 2 aromatic rings. The zero-order chi connectivity index (χ0) is 22.0. The fraction of sp³-hybridized carbons (Fsp3) is 0.391. The van der Waals surface area contributed by atoms with Gasteiger partial charge < -0.3 is 21.7 Å². The molecule has 1 aliphatic carbocycles. The third kappa shape index (κ3) is 4.52. The van der Waals surface area contributed by atoms with Crippen LogP contribution in [0.3, 0.4) is 0 Å². The summed E-state index contributed by atoms with van der Waals surface area (Å²) in [5, 5.41) is 2.92.